The Kier molecular flexibility index (Phi) is 3.01. The molecule has 84 valence electrons. The summed E-state index contributed by atoms with van der Waals surface area (Å²) in [7, 11) is 0. The van der Waals surface area contributed by atoms with Crippen molar-refractivity contribution < 1.29 is 8.81 Å². The van der Waals surface area contributed by atoms with Crippen molar-refractivity contribution in [3.63, 3.8) is 0 Å². The molecule has 0 fully saturated rings. The third-order valence-electron chi connectivity index (χ3n) is 2.19. The lowest BCUT2D eigenvalue weighted by Crippen LogP contribution is -2.17. The van der Waals surface area contributed by atoms with Gasteiger partial charge < -0.3 is 10.2 Å². The van der Waals surface area contributed by atoms with Gasteiger partial charge in [0.25, 0.3) is 0 Å². The maximum atomic E-state index is 13.4. The average Bonchev–Trinajstić information content (AvgIpc) is 2.66. The van der Waals surface area contributed by atoms with E-state index in [0.717, 1.165) is 5.69 Å². The Morgan fingerprint density at radius 1 is 1.44 bits per heavy atom. The lowest BCUT2D eigenvalue weighted by molar-refractivity contribution is 0.559. The first kappa shape index (κ1) is 10.8. The van der Waals surface area contributed by atoms with Crippen LogP contribution in [0.3, 0.4) is 0 Å². The normalized spacial score (nSPS) is 12.7. The minimum absolute atomic E-state index is 0.0126. The number of halogens is 1. The maximum absolute atomic E-state index is 13.4. The summed E-state index contributed by atoms with van der Waals surface area (Å²) >= 11 is 0. The van der Waals surface area contributed by atoms with Gasteiger partial charge in [-0.15, -0.1) is 0 Å². The van der Waals surface area contributed by atoms with Gasteiger partial charge in [-0.1, -0.05) is 12.1 Å². The molecule has 0 spiro atoms. The summed E-state index contributed by atoms with van der Waals surface area (Å²) in [6.07, 6.45) is 2.14. The maximum Gasteiger partial charge on any atom is 0.229 e. The number of aromatic nitrogens is 1. The zero-order chi connectivity index (χ0) is 11.5. The molecule has 3 nitrogen and oxygen atoms in total. The summed E-state index contributed by atoms with van der Waals surface area (Å²) in [5.74, 6) is -0.0366. The second-order valence-electron chi connectivity index (χ2n) is 3.81. The van der Waals surface area contributed by atoms with Gasteiger partial charge >= 0.3 is 0 Å². The van der Waals surface area contributed by atoms with Crippen LogP contribution < -0.4 is 5.73 Å². The highest BCUT2D eigenvalue weighted by molar-refractivity contribution is 5.53. The van der Waals surface area contributed by atoms with Crippen LogP contribution in [0, 0.1) is 5.82 Å². The van der Waals surface area contributed by atoms with E-state index in [0.29, 0.717) is 17.9 Å². The van der Waals surface area contributed by atoms with Crippen molar-refractivity contribution in [2.45, 2.75) is 19.4 Å². The summed E-state index contributed by atoms with van der Waals surface area (Å²) in [5.41, 5.74) is 6.76. The van der Waals surface area contributed by atoms with E-state index < -0.39 is 0 Å². The first-order valence-corrected chi connectivity index (χ1v) is 5.11. The number of nitrogens with zero attached hydrogens (tertiary/aromatic N) is 1. The van der Waals surface area contributed by atoms with Gasteiger partial charge in [0, 0.05) is 12.5 Å². The van der Waals surface area contributed by atoms with Crippen LogP contribution in [0.4, 0.5) is 4.39 Å². The number of nitrogens with two attached hydrogens (primary N) is 1. The fourth-order valence-corrected chi connectivity index (χ4v) is 1.49. The van der Waals surface area contributed by atoms with E-state index in [1.807, 2.05) is 6.92 Å². The fraction of sp³-hybridized carbons (Fsp3) is 0.250. The lowest BCUT2D eigenvalue weighted by Gasteiger charge is -1.99. The third kappa shape index (κ3) is 2.28. The van der Waals surface area contributed by atoms with Crippen LogP contribution in [0.1, 0.15) is 12.6 Å². The zero-order valence-corrected chi connectivity index (χ0v) is 8.98. The van der Waals surface area contributed by atoms with Crippen LogP contribution in [0.15, 0.2) is 34.9 Å². The summed E-state index contributed by atoms with van der Waals surface area (Å²) in [6, 6.07) is 6.40. The number of hydrogen-bond donors (Lipinski definition) is 1. The number of rotatable bonds is 3. The van der Waals surface area contributed by atoms with Crippen LogP contribution >= 0.6 is 0 Å². The molecule has 1 aromatic heterocycles. The molecular weight excluding hydrogens is 207 g/mol. The molecule has 16 heavy (non-hydrogen) atoms. The Balaban J connectivity index is 2.28. The van der Waals surface area contributed by atoms with Gasteiger partial charge in [-0.2, -0.15) is 0 Å². The molecule has 0 aliphatic rings. The molecule has 1 heterocycles. The first-order valence-electron chi connectivity index (χ1n) is 5.11. The van der Waals surface area contributed by atoms with Crippen molar-refractivity contribution in [1.82, 2.24) is 4.98 Å². The Morgan fingerprint density at radius 3 is 2.88 bits per heavy atom. The van der Waals surface area contributed by atoms with Crippen LogP contribution in [-0.4, -0.2) is 11.0 Å². The Bertz CT molecular complexity index is 479. The summed E-state index contributed by atoms with van der Waals surface area (Å²) in [4.78, 5) is 4.19. The molecule has 0 bridgehead atoms. The van der Waals surface area contributed by atoms with Gasteiger partial charge in [0.1, 0.15) is 12.1 Å². The summed E-state index contributed by atoms with van der Waals surface area (Å²) in [6.45, 7) is 1.89. The minimum atomic E-state index is -0.336. The van der Waals surface area contributed by atoms with Crippen LogP contribution in [-0.2, 0) is 6.42 Å². The van der Waals surface area contributed by atoms with Crippen LogP contribution in [0.2, 0.25) is 0 Å². The SMILES string of the molecule is CC(N)Cc1coc(-c2ccccc2F)n1. The zero-order valence-electron chi connectivity index (χ0n) is 8.98. The highest BCUT2D eigenvalue weighted by Gasteiger charge is 2.11. The molecule has 1 aromatic carbocycles. The van der Waals surface area contributed by atoms with E-state index in [-0.39, 0.29) is 11.9 Å². The monoisotopic (exact) mass is 220 g/mol. The topological polar surface area (TPSA) is 52.0 Å². The number of oxazole rings is 1. The lowest BCUT2D eigenvalue weighted by atomic mass is 10.2. The molecule has 0 saturated carbocycles. The van der Waals surface area contributed by atoms with E-state index in [1.165, 1.54) is 12.3 Å². The van der Waals surface area contributed by atoms with Crippen molar-refractivity contribution in [2.75, 3.05) is 0 Å². The van der Waals surface area contributed by atoms with Gasteiger partial charge in [0.05, 0.1) is 11.3 Å². The van der Waals surface area contributed by atoms with E-state index in [1.54, 1.807) is 18.2 Å². The number of benzene rings is 1. The minimum Gasteiger partial charge on any atom is -0.444 e. The molecule has 2 aromatic rings. The van der Waals surface area contributed by atoms with Gasteiger partial charge in [0.15, 0.2) is 0 Å². The smallest absolute Gasteiger partial charge is 0.229 e. The highest BCUT2D eigenvalue weighted by Crippen LogP contribution is 2.21. The Labute approximate surface area is 93.1 Å². The van der Waals surface area contributed by atoms with E-state index in [9.17, 15) is 4.39 Å². The standard InChI is InChI=1S/C12H13FN2O/c1-8(14)6-9-7-16-12(15-9)10-4-2-3-5-11(10)13/h2-5,7-8H,6,14H2,1H3. The van der Waals surface area contributed by atoms with Crippen molar-refractivity contribution in [3.8, 4) is 11.5 Å². The van der Waals surface area contributed by atoms with Gasteiger partial charge in [0.2, 0.25) is 5.89 Å². The third-order valence-corrected chi connectivity index (χ3v) is 2.19. The Morgan fingerprint density at radius 2 is 2.19 bits per heavy atom. The predicted molar refractivity (Wildman–Crippen MR) is 59.3 cm³/mol. The van der Waals surface area contributed by atoms with Crippen LogP contribution in [0.25, 0.3) is 11.5 Å². The van der Waals surface area contributed by atoms with E-state index >= 15 is 0 Å². The van der Waals surface area contributed by atoms with Crippen molar-refractivity contribution in [1.29, 1.82) is 0 Å². The highest BCUT2D eigenvalue weighted by atomic mass is 19.1. The van der Waals surface area contributed by atoms with Gasteiger partial charge in [-0.05, 0) is 19.1 Å². The molecule has 4 heteroatoms. The second kappa shape index (κ2) is 4.45. The van der Waals surface area contributed by atoms with Crippen molar-refractivity contribution in [2.24, 2.45) is 5.73 Å². The molecule has 2 rings (SSSR count). The van der Waals surface area contributed by atoms with E-state index in [2.05, 4.69) is 4.98 Å². The molecule has 0 saturated heterocycles. The fourth-order valence-electron chi connectivity index (χ4n) is 1.49. The molecule has 0 radical (unpaired) electrons. The largest absolute Gasteiger partial charge is 0.444 e. The molecule has 2 N–H and O–H groups in total. The van der Waals surface area contributed by atoms with Crippen molar-refractivity contribution >= 4 is 0 Å². The molecule has 1 atom stereocenters. The molecule has 1 unspecified atom stereocenters. The predicted octanol–water partition coefficient (Wildman–Crippen LogP) is 2.37. The summed E-state index contributed by atoms with van der Waals surface area (Å²) < 4.78 is 18.6. The summed E-state index contributed by atoms with van der Waals surface area (Å²) in [5, 5.41) is 0. The Hall–Kier alpha value is -1.68. The van der Waals surface area contributed by atoms with Gasteiger partial charge in [-0.3, -0.25) is 0 Å². The average molecular weight is 220 g/mol. The van der Waals surface area contributed by atoms with Crippen LogP contribution in [0.5, 0.6) is 0 Å². The quantitative estimate of drug-likeness (QED) is 0.863. The molecule has 0 amide bonds. The van der Waals surface area contributed by atoms with Gasteiger partial charge in [-0.25, -0.2) is 9.37 Å². The molecular formula is C12H13FN2O. The van der Waals surface area contributed by atoms with E-state index in [4.69, 9.17) is 10.2 Å². The number of hydrogen-bond acceptors (Lipinski definition) is 3. The molecule has 0 aliphatic heterocycles. The molecule has 0 aliphatic carbocycles. The second-order valence-corrected chi connectivity index (χ2v) is 3.81. The first-order chi connectivity index (χ1) is 7.66. The van der Waals surface area contributed by atoms with Crippen molar-refractivity contribution in [3.05, 3.63) is 42.0 Å².